The van der Waals surface area contributed by atoms with Crippen molar-refractivity contribution in [2.45, 2.75) is 6.92 Å². The minimum absolute atomic E-state index is 0.0544. The van der Waals surface area contributed by atoms with Gasteiger partial charge in [0.05, 0.1) is 4.88 Å². The van der Waals surface area contributed by atoms with Crippen LogP contribution >= 0.6 is 11.3 Å². The summed E-state index contributed by atoms with van der Waals surface area (Å²) in [5.41, 5.74) is 1.90. The molecule has 2 aromatic rings. The van der Waals surface area contributed by atoms with Crippen LogP contribution in [0.2, 0.25) is 0 Å². The number of rotatable bonds is 2. The van der Waals surface area contributed by atoms with Crippen LogP contribution in [0, 0.1) is 6.92 Å². The Balaban J connectivity index is 1.54. The summed E-state index contributed by atoms with van der Waals surface area (Å²) >= 11 is 1.45. The number of piperazine rings is 1. The Kier molecular flexibility index (Phi) is 4.62. The molecule has 1 N–H and O–H groups in total. The van der Waals surface area contributed by atoms with E-state index in [9.17, 15) is 9.59 Å². The second kappa shape index (κ2) is 6.83. The molecule has 0 aliphatic carbocycles. The van der Waals surface area contributed by atoms with Gasteiger partial charge in [-0.1, -0.05) is 18.2 Å². The van der Waals surface area contributed by atoms with Crippen molar-refractivity contribution in [1.29, 1.82) is 0 Å². The molecule has 5 nitrogen and oxygen atoms in total. The van der Waals surface area contributed by atoms with E-state index >= 15 is 0 Å². The third-order valence-electron chi connectivity index (χ3n) is 3.86. The third kappa shape index (κ3) is 3.71. The number of nitrogens with zero attached hydrogens (tertiary/aromatic N) is 2. The van der Waals surface area contributed by atoms with Crippen molar-refractivity contribution >= 4 is 29.0 Å². The second-order valence-electron chi connectivity index (χ2n) is 5.56. The van der Waals surface area contributed by atoms with Crippen LogP contribution in [-0.2, 0) is 0 Å². The SMILES string of the molecule is Cc1cccc(NC(=O)N2CCN(C(=O)c3cccs3)CC2)c1. The highest BCUT2D eigenvalue weighted by atomic mass is 32.1. The first-order valence-electron chi connectivity index (χ1n) is 7.59. The fourth-order valence-corrected chi connectivity index (χ4v) is 3.28. The minimum Gasteiger partial charge on any atom is -0.334 e. The fraction of sp³-hybridized carbons (Fsp3) is 0.294. The van der Waals surface area contributed by atoms with Crippen LogP contribution in [-0.4, -0.2) is 47.9 Å². The zero-order valence-electron chi connectivity index (χ0n) is 13.0. The number of nitrogens with one attached hydrogen (secondary N) is 1. The number of urea groups is 1. The number of anilines is 1. The van der Waals surface area contributed by atoms with Gasteiger partial charge in [-0.25, -0.2) is 4.79 Å². The monoisotopic (exact) mass is 329 g/mol. The predicted octanol–water partition coefficient (Wildman–Crippen LogP) is 3.05. The first kappa shape index (κ1) is 15.6. The molecule has 1 aliphatic rings. The smallest absolute Gasteiger partial charge is 0.321 e. The molecular weight excluding hydrogens is 310 g/mol. The summed E-state index contributed by atoms with van der Waals surface area (Å²) in [5.74, 6) is 0.0544. The molecule has 0 radical (unpaired) electrons. The van der Waals surface area contributed by atoms with Gasteiger partial charge in [0.15, 0.2) is 0 Å². The van der Waals surface area contributed by atoms with E-state index in [1.165, 1.54) is 11.3 Å². The molecule has 2 heterocycles. The predicted molar refractivity (Wildman–Crippen MR) is 92.0 cm³/mol. The van der Waals surface area contributed by atoms with Gasteiger partial charge in [0.2, 0.25) is 0 Å². The summed E-state index contributed by atoms with van der Waals surface area (Å²) in [5, 5.41) is 4.81. The number of hydrogen-bond acceptors (Lipinski definition) is 3. The Morgan fingerprint density at radius 3 is 2.43 bits per heavy atom. The molecular formula is C17H19N3O2S. The summed E-state index contributed by atoms with van der Waals surface area (Å²) < 4.78 is 0. The topological polar surface area (TPSA) is 52.7 Å². The minimum atomic E-state index is -0.112. The maximum Gasteiger partial charge on any atom is 0.321 e. The molecule has 1 saturated heterocycles. The van der Waals surface area contributed by atoms with Gasteiger partial charge in [0, 0.05) is 31.9 Å². The number of benzene rings is 1. The van der Waals surface area contributed by atoms with Crippen molar-refractivity contribution in [2.75, 3.05) is 31.5 Å². The quantitative estimate of drug-likeness (QED) is 0.921. The Labute approximate surface area is 139 Å². The van der Waals surface area contributed by atoms with Gasteiger partial charge < -0.3 is 15.1 Å². The zero-order chi connectivity index (χ0) is 16.2. The van der Waals surface area contributed by atoms with Gasteiger partial charge in [-0.2, -0.15) is 0 Å². The lowest BCUT2D eigenvalue weighted by Crippen LogP contribution is -2.51. The number of hydrogen-bond donors (Lipinski definition) is 1. The number of aryl methyl sites for hydroxylation is 1. The van der Waals surface area contributed by atoms with Crippen LogP contribution in [0.4, 0.5) is 10.5 Å². The molecule has 120 valence electrons. The molecule has 0 bridgehead atoms. The van der Waals surface area contributed by atoms with Gasteiger partial charge >= 0.3 is 6.03 Å². The van der Waals surface area contributed by atoms with E-state index in [2.05, 4.69) is 5.32 Å². The largest absolute Gasteiger partial charge is 0.334 e. The first-order valence-corrected chi connectivity index (χ1v) is 8.47. The van der Waals surface area contributed by atoms with E-state index in [4.69, 9.17) is 0 Å². The molecule has 0 atom stereocenters. The molecule has 1 aromatic carbocycles. The van der Waals surface area contributed by atoms with Crippen molar-refractivity contribution < 1.29 is 9.59 Å². The summed E-state index contributed by atoms with van der Waals surface area (Å²) in [7, 11) is 0. The summed E-state index contributed by atoms with van der Waals surface area (Å²) in [4.78, 5) is 28.9. The Bertz CT molecular complexity index is 692. The summed E-state index contributed by atoms with van der Waals surface area (Å²) in [6.45, 7) is 4.23. The number of carbonyl (C=O) groups is 2. The van der Waals surface area contributed by atoms with E-state index in [0.29, 0.717) is 26.2 Å². The van der Waals surface area contributed by atoms with Crippen molar-refractivity contribution in [3.05, 3.63) is 52.2 Å². The molecule has 0 spiro atoms. The molecule has 3 amide bonds. The highest BCUT2D eigenvalue weighted by Crippen LogP contribution is 2.15. The van der Waals surface area contributed by atoms with Crippen molar-refractivity contribution in [3.63, 3.8) is 0 Å². The normalized spacial score (nSPS) is 14.7. The summed E-state index contributed by atoms with van der Waals surface area (Å²) in [6, 6.07) is 11.3. The lowest BCUT2D eigenvalue weighted by molar-refractivity contribution is 0.0676. The third-order valence-corrected chi connectivity index (χ3v) is 4.71. The lowest BCUT2D eigenvalue weighted by Gasteiger charge is -2.34. The maximum absolute atomic E-state index is 12.3. The van der Waals surface area contributed by atoms with Gasteiger partial charge in [-0.15, -0.1) is 11.3 Å². The van der Waals surface area contributed by atoms with E-state index in [1.54, 1.807) is 4.90 Å². The average Bonchev–Trinajstić information content (AvgIpc) is 3.09. The fourth-order valence-electron chi connectivity index (χ4n) is 2.59. The molecule has 0 saturated carbocycles. The van der Waals surface area contributed by atoms with Crippen LogP contribution in [0.15, 0.2) is 41.8 Å². The van der Waals surface area contributed by atoms with Crippen molar-refractivity contribution in [1.82, 2.24) is 9.80 Å². The van der Waals surface area contributed by atoms with Gasteiger partial charge in [-0.05, 0) is 36.1 Å². The molecule has 3 rings (SSSR count). The van der Waals surface area contributed by atoms with Crippen LogP contribution in [0.1, 0.15) is 15.2 Å². The van der Waals surface area contributed by atoms with E-state index < -0.39 is 0 Å². The Morgan fingerprint density at radius 1 is 1.04 bits per heavy atom. The molecule has 6 heteroatoms. The van der Waals surface area contributed by atoms with Gasteiger partial charge in [-0.3, -0.25) is 4.79 Å². The van der Waals surface area contributed by atoms with Crippen LogP contribution in [0.5, 0.6) is 0 Å². The molecule has 1 aromatic heterocycles. The highest BCUT2D eigenvalue weighted by Gasteiger charge is 2.25. The Morgan fingerprint density at radius 2 is 1.78 bits per heavy atom. The first-order chi connectivity index (χ1) is 11.1. The maximum atomic E-state index is 12.3. The van der Waals surface area contributed by atoms with E-state index in [-0.39, 0.29) is 11.9 Å². The standard InChI is InChI=1S/C17H19N3O2S/c1-13-4-2-5-14(12-13)18-17(22)20-9-7-19(8-10-20)16(21)15-6-3-11-23-15/h2-6,11-12H,7-10H2,1H3,(H,18,22). The van der Waals surface area contributed by atoms with Crippen molar-refractivity contribution in [2.24, 2.45) is 0 Å². The van der Waals surface area contributed by atoms with Gasteiger partial charge in [0.25, 0.3) is 5.91 Å². The lowest BCUT2D eigenvalue weighted by atomic mass is 10.2. The van der Waals surface area contributed by atoms with E-state index in [0.717, 1.165) is 16.1 Å². The number of amides is 3. The van der Waals surface area contributed by atoms with Crippen LogP contribution in [0.25, 0.3) is 0 Å². The number of thiophene rings is 1. The molecule has 0 unspecified atom stereocenters. The van der Waals surface area contributed by atoms with E-state index in [1.807, 2.05) is 53.6 Å². The van der Waals surface area contributed by atoms with Gasteiger partial charge in [0.1, 0.15) is 0 Å². The summed E-state index contributed by atoms with van der Waals surface area (Å²) in [6.07, 6.45) is 0. The molecule has 23 heavy (non-hydrogen) atoms. The van der Waals surface area contributed by atoms with Crippen LogP contribution < -0.4 is 5.32 Å². The van der Waals surface area contributed by atoms with Crippen molar-refractivity contribution in [3.8, 4) is 0 Å². The molecule has 1 fully saturated rings. The van der Waals surface area contributed by atoms with Crippen LogP contribution in [0.3, 0.4) is 0 Å². The zero-order valence-corrected chi connectivity index (χ0v) is 13.8. The molecule has 1 aliphatic heterocycles. The highest BCUT2D eigenvalue weighted by molar-refractivity contribution is 7.12. The average molecular weight is 329 g/mol. The number of carbonyl (C=O) groups excluding carboxylic acids is 2. The Hall–Kier alpha value is -2.34. The second-order valence-corrected chi connectivity index (χ2v) is 6.50.